The van der Waals surface area contributed by atoms with Crippen LogP contribution in [-0.2, 0) is 60.8 Å². The highest BCUT2D eigenvalue weighted by atomic mass is 33.1. The maximum atomic E-state index is 14.5. The van der Waals surface area contributed by atoms with Crippen molar-refractivity contribution in [3.8, 4) is 11.5 Å². The van der Waals surface area contributed by atoms with Crippen LogP contribution in [0, 0.1) is 11.8 Å². The Morgan fingerprint density at radius 2 is 1.24 bits per heavy atom. The zero-order valence-electron chi connectivity index (χ0n) is 48.9. The molecule has 2 saturated heterocycles. The molecule has 0 saturated carbocycles. The first kappa shape index (κ1) is 72.6. The van der Waals surface area contributed by atoms with E-state index in [0.717, 1.165) is 21.6 Å². The second kappa shape index (κ2) is 35.2. The maximum Gasteiger partial charge on any atom is 0.305 e. The number of nitrogens with one attached hydrogen (secondary N) is 9. The number of phenols is 2. The van der Waals surface area contributed by atoms with Gasteiger partial charge in [-0.3, -0.25) is 58.6 Å². The van der Waals surface area contributed by atoms with Crippen LogP contribution in [0.25, 0.3) is 0 Å². The van der Waals surface area contributed by atoms with E-state index >= 15 is 0 Å². The van der Waals surface area contributed by atoms with E-state index in [0.29, 0.717) is 24.0 Å². The van der Waals surface area contributed by atoms with Gasteiger partial charge in [-0.15, -0.1) is 0 Å². The van der Waals surface area contributed by atoms with Crippen molar-refractivity contribution in [2.45, 2.75) is 171 Å². The highest BCUT2D eigenvalue weighted by molar-refractivity contribution is 8.76. The van der Waals surface area contributed by atoms with Gasteiger partial charge in [-0.05, 0) is 79.8 Å². The number of carbonyl (C=O) groups excluding carboxylic acids is 8. The van der Waals surface area contributed by atoms with Crippen molar-refractivity contribution in [1.29, 1.82) is 0 Å². The monoisotopic (exact) mass is 1260 g/mol. The van der Waals surface area contributed by atoms with Gasteiger partial charge in [0.1, 0.15) is 66.4 Å². The zero-order valence-corrected chi connectivity index (χ0v) is 50.6. The number of hydrogen-bond acceptors (Lipinski definition) is 22. The van der Waals surface area contributed by atoms with Gasteiger partial charge in [0, 0.05) is 30.9 Å². The van der Waals surface area contributed by atoms with Gasteiger partial charge in [0.25, 0.3) is 0 Å². The summed E-state index contributed by atoms with van der Waals surface area (Å²) >= 11 is 0. The summed E-state index contributed by atoms with van der Waals surface area (Å²) in [7, 11) is 1.73. The van der Waals surface area contributed by atoms with Gasteiger partial charge in [-0.2, -0.15) is 0 Å². The van der Waals surface area contributed by atoms with Gasteiger partial charge in [0.2, 0.25) is 47.3 Å². The Bertz CT molecular complexity index is 2660. The largest absolute Gasteiger partial charge is 0.508 e. The first-order chi connectivity index (χ1) is 40.9. The van der Waals surface area contributed by atoms with Crippen LogP contribution >= 0.6 is 21.6 Å². The first-order valence-electron chi connectivity index (χ1n) is 28.3. The van der Waals surface area contributed by atoms with Crippen molar-refractivity contribution in [3.63, 3.8) is 0 Å². The van der Waals surface area contributed by atoms with E-state index in [-0.39, 0.29) is 61.3 Å². The molecule has 87 heavy (non-hydrogen) atoms. The number of aliphatic hydroxyl groups is 4. The van der Waals surface area contributed by atoms with E-state index in [1.165, 1.54) is 60.4 Å². The topological polar surface area (TPSA) is 496 Å². The van der Waals surface area contributed by atoms with Crippen LogP contribution in [0.15, 0.2) is 48.5 Å². The third kappa shape index (κ3) is 24.3. The van der Waals surface area contributed by atoms with E-state index in [1.807, 2.05) is 13.8 Å². The molecule has 8 amide bonds. The molecule has 2 fully saturated rings. The number of rotatable bonds is 21. The number of carboxylic acids is 2. The fourth-order valence-corrected chi connectivity index (χ4v) is 11.8. The van der Waals surface area contributed by atoms with Crippen molar-refractivity contribution in [2.24, 2.45) is 23.3 Å². The van der Waals surface area contributed by atoms with E-state index in [2.05, 4.69) is 47.9 Å². The number of hydrogen-bond donors (Lipinski definition) is 19. The number of carbonyl (C=O) groups is 10. The molecule has 2 aromatic carbocycles. The molecule has 21 N–H and O–H groups in total. The lowest BCUT2D eigenvalue weighted by Crippen LogP contribution is -2.62. The molecule has 2 aromatic rings. The van der Waals surface area contributed by atoms with Gasteiger partial charge < -0.3 is 94.4 Å². The summed E-state index contributed by atoms with van der Waals surface area (Å²) in [6, 6.07) is -3.97. The summed E-state index contributed by atoms with van der Waals surface area (Å²) in [4.78, 5) is 139. The lowest BCUT2D eigenvalue weighted by atomic mass is 10.0. The van der Waals surface area contributed by atoms with Gasteiger partial charge in [-0.25, -0.2) is 0 Å². The Kier molecular flexibility index (Phi) is 29.4. The molecular weight excluding hydrogens is 1180 g/mol. The fourth-order valence-electron chi connectivity index (χ4n) is 9.44. The molecule has 0 radical (unpaired) electrons. The smallest absolute Gasteiger partial charge is 0.305 e. The Morgan fingerprint density at radius 1 is 0.690 bits per heavy atom. The molecule has 32 heteroatoms. The van der Waals surface area contributed by atoms with Crippen LogP contribution in [0.5, 0.6) is 11.5 Å². The number of nitrogens with zero attached hydrogens (tertiary/aromatic N) is 1. The number of carboxylic acid groups (broad SMARTS) is 2. The Balaban J connectivity index is 1.83. The number of amides is 8. The minimum atomic E-state index is -2.02. The van der Waals surface area contributed by atoms with E-state index in [9.17, 15) is 88.8 Å². The number of β-amino-alcohol motifs (C(OH)–C–C–N with tert-alkyl or cyclic N) is 1. The van der Waals surface area contributed by atoms with Crippen LogP contribution in [-0.4, -0.2) is 215 Å². The van der Waals surface area contributed by atoms with Gasteiger partial charge >= 0.3 is 11.9 Å². The third-order valence-corrected chi connectivity index (χ3v) is 16.4. The summed E-state index contributed by atoms with van der Waals surface area (Å²) in [5.74, 6) is -11.8. The summed E-state index contributed by atoms with van der Waals surface area (Å²) < 4.78 is 0. The molecule has 0 aromatic heterocycles. The summed E-state index contributed by atoms with van der Waals surface area (Å²) in [6.07, 6.45) is -8.99. The molecule has 14 atom stereocenters. The molecule has 2 aliphatic rings. The SMILES string of the molecule is CC(C)C[C@H](NC(=O)[C@@H]1CSSC[C@H](NC(=O)[C@@H]2CCCN2C(=O)[C@@H](N)CC(C)C)C(O)N[C@@H](CC(=O)O)C(=O)N[C@@H](Cc2ccc(O)cc2)C(=O)N[C@@H](Cc2ccc(O)cc2)C(=O)NC[C@@H](O)N[C@@H](C(C)O)C(=O)N1)C(=O)N[C@@H](CC(=O)O)[C@H](N)O. The minimum Gasteiger partial charge on any atom is -0.508 e. The van der Waals surface area contributed by atoms with Gasteiger partial charge in [0.15, 0.2) is 0 Å². The molecule has 30 nitrogen and oxygen atoms in total. The first-order valence-corrected chi connectivity index (χ1v) is 30.8. The Hall–Kier alpha value is -6.88. The molecule has 0 aliphatic carbocycles. The number of nitrogens with two attached hydrogens (primary N) is 2. The van der Waals surface area contributed by atoms with Crippen molar-refractivity contribution in [3.05, 3.63) is 59.7 Å². The number of aliphatic carboxylic acids is 2. The summed E-state index contributed by atoms with van der Waals surface area (Å²) in [5, 5.41) is 107. The van der Waals surface area contributed by atoms with Crippen molar-refractivity contribution in [1.82, 2.24) is 52.8 Å². The number of phenolic OH excluding ortho intramolecular Hbond substituents is 2. The Labute approximate surface area is 510 Å². The minimum absolute atomic E-state index is 0.0245. The molecule has 2 heterocycles. The van der Waals surface area contributed by atoms with Crippen LogP contribution in [0.2, 0.25) is 0 Å². The summed E-state index contributed by atoms with van der Waals surface area (Å²) in [5.41, 5.74) is 12.6. The van der Waals surface area contributed by atoms with E-state index in [1.54, 1.807) is 13.8 Å². The second-order valence-electron chi connectivity index (χ2n) is 22.3. The van der Waals surface area contributed by atoms with Crippen LogP contribution in [0.3, 0.4) is 0 Å². The summed E-state index contributed by atoms with van der Waals surface area (Å²) in [6.45, 7) is 7.77. The average Bonchev–Trinajstić information content (AvgIpc) is 3.26. The number of aliphatic hydroxyl groups excluding tert-OH is 4. The maximum absolute atomic E-state index is 14.5. The van der Waals surface area contributed by atoms with Gasteiger partial charge in [0.05, 0.1) is 49.7 Å². The molecule has 0 bridgehead atoms. The third-order valence-electron chi connectivity index (χ3n) is 14.0. The quantitative estimate of drug-likeness (QED) is 0.0417. The van der Waals surface area contributed by atoms with Gasteiger partial charge in [-0.1, -0.05) is 73.5 Å². The normalized spacial score (nSPS) is 25.1. The highest BCUT2D eigenvalue weighted by Gasteiger charge is 2.40. The second-order valence-corrected chi connectivity index (χ2v) is 24.9. The van der Waals surface area contributed by atoms with Crippen LogP contribution in [0.4, 0.5) is 0 Å². The van der Waals surface area contributed by atoms with Crippen molar-refractivity contribution >= 4 is 80.8 Å². The molecular formula is C55H84N12O18S2. The highest BCUT2D eigenvalue weighted by Crippen LogP contribution is 2.26. The molecule has 0 spiro atoms. The Morgan fingerprint density at radius 3 is 1.77 bits per heavy atom. The van der Waals surface area contributed by atoms with E-state index < -0.39 is 170 Å². The van der Waals surface area contributed by atoms with Crippen LogP contribution in [0.1, 0.15) is 84.3 Å². The number of likely N-dealkylation sites (tertiary alicyclic amines) is 1. The fraction of sp³-hybridized carbons (Fsp3) is 0.600. The average molecular weight is 1270 g/mol. The zero-order chi connectivity index (χ0) is 64.8. The number of benzene rings is 2. The standard InChI is InChI=1S/C55H84N12O18S2/c1-26(2)17-33(56)55(85)67-16-6-7-41(67)53(83)64-39-24-86-87-25-40(52(82)60-35(18-27(3)4)48(78)59-34(46(57)76)21-43(72)73)65-54(84)45(28(5)68)66-42(71)23-58-47(77)36(19-29-8-12-31(69)13-9-29)61-49(79)37(20-30-10-14-32(70)15-11-30)62-50(80)38(22-44(74)75)63-51(39)81/h8-15,26-28,33-42,45-46,51,63,66,68-71,76,81H,6-7,16-25,56-57H2,1-5H3,(H,58,77)(H,59,78)(H,60,82)(H,61,79)(H,62,80)(H,64,83)(H,65,84)(H,72,73)(H,74,75)/t28?,33-,34-,35-,36-,37-,38-,39-,40-,41-,42+,45-,46+,51?/m0/s1. The van der Waals surface area contributed by atoms with Crippen molar-refractivity contribution < 1.29 is 88.8 Å². The molecule has 4 rings (SSSR count). The lowest BCUT2D eigenvalue weighted by molar-refractivity contribution is -0.141. The van der Waals surface area contributed by atoms with Crippen molar-refractivity contribution in [2.75, 3.05) is 24.6 Å². The lowest BCUT2D eigenvalue weighted by Gasteiger charge is -2.32. The van der Waals surface area contributed by atoms with E-state index in [4.69, 9.17) is 11.5 Å². The predicted molar refractivity (Wildman–Crippen MR) is 317 cm³/mol. The molecule has 2 unspecified atom stereocenters. The van der Waals surface area contributed by atoms with Crippen LogP contribution < -0.4 is 59.3 Å². The number of aromatic hydroxyl groups is 2. The molecule has 2 aliphatic heterocycles. The predicted octanol–water partition coefficient (Wildman–Crippen LogP) is -4.13. The molecule has 484 valence electrons.